The van der Waals surface area contributed by atoms with E-state index in [9.17, 15) is 8.42 Å². The molecule has 0 saturated heterocycles. The summed E-state index contributed by atoms with van der Waals surface area (Å²) in [4.78, 5) is 6.93. The van der Waals surface area contributed by atoms with Crippen LogP contribution in [-0.4, -0.2) is 37.3 Å². The number of benzene rings is 1. The number of hydrogen-bond acceptors (Lipinski definition) is 5. The minimum absolute atomic E-state index is 0.0459. The molecular formula is C13H18N4O3S. The average Bonchev–Trinajstić information content (AvgIpc) is 2.94. The summed E-state index contributed by atoms with van der Waals surface area (Å²) in [6.45, 7) is 0.341. The van der Waals surface area contributed by atoms with E-state index in [-0.39, 0.29) is 12.4 Å². The van der Waals surface area contributed by atoms with Gasteiger partial charge in [-0.2, -0.15) is 0 Å². The lowest BCUT2D eigenvalue weighted by atomic mass is 10.3. The highest BCUT2D eigenvalue weighted by atomic mass is 32.2. The van der Waals surface area contributed by atoms with Crippen LogP contribution in [0, 0.1) is 0 Å². The van der Waals surface area contributed by atoms with Gasteiger partial charge in [0.15, 0.2) is 0 Å². The summed E-state index contributed by atoms with van der Waals surface area (Å²) < 4.78 is 31.4. The normalized spacial score (nSPS) is 11.4. The second-order valence-corrected chi connectivity index (χ2v) is 6.31. The highest BCUT2D eigenvalue weighted by molar-refractivity contribution is 7.89. The van der Waals surface area contributed by atoms with Crippen molar-refractivity contribution in [2.45, 2.75) is 6.42 Å². The van der Waals surface area contributed by atoms with Crippen molar-refractivity contribution in [1.29, 1.82) is 0 Å². The van der Waals surface area contributed by atoms with Gasteiger partial charge in [-0.1, -0.05) is 12.1 Å². The molecule has 0 aliphatic heterocycles. The summed E-state index contributed by atoms with van der Waals surface area (Å²) >= 11 is 0. The van der Waals surface area contributed by atoms with Gasteiger partial charge in [-0.3, -0.25) is 0 Å². The monoisotopic (exact) mass is 310 g/mol. The van der Waals surface area contributed by atoms with Crippen LogP contribution in [0.1, 0.15) is 5.82 Å². The van der Waals surface area contributed by atoms with Gasteiger partial charge in [0.2, 0.25) is 10.0 Å². The number of para-hydroxylation sites is 2. The van der Waals surface area contributed by atoms with E-state index in [1.165, 1.54) is 0 Å². The Morgan fingerprint density at radius 1 is 1.33 bits per heavy atom. The molecule has 0 saturated carbocycles. The van der Waals surface area contributed by atoms with Crippen LogP contribution in [0.3, 0.4) is 0 Å². The Balaban J connectivity index is 1.72. The molecule has 0 bridgehead atoms. The van der Waals surface area contributed by atoms with E-state index in [1.54, 1.807) is 36.7 Å². The maximum absolute atomic E-state index is 11.8. The Hall–Kier alpha value is -2.06. The smallest absolute Gasteiger partial charge is 0.214 e. The lowest BCUT2D eigenvalue weighted by Crippen LogP contribution is -2.30. The first-order valence-corrected chi connectivity index (χ1v) is 8.15. The fourth-order valence-electron chi connectivity index (χ4n) is 1.71. The number of imidazole rings is 1. The van der Waals surface area contributed by atoms with Crippen LogP contribution in [0.2, 0.25) is 0 Å². The number of nitrogens with zero attached hydrogens (tertiary/aromatic N) is 1. The molecule has 0 radical (unpaired) electrons. The molecule has 0 atom stereocenters. The number of nitrogen functional groups attached to an aromatic ring is 1. The SMILES string of the molecule is Nc1ccccc1OCCS(=O)(=O)NCCc1ncc[nH]1. The fraction of sp³-hybridized carbons (Fsp3) is 0.308. The number of H-pyrrole nitrogens is 1. The molecule has 2 rings (SSSR count). The molecule has 0 spiro atoms. The zero-order valence-corrected chi connectivity index (χ0v) is 12.3. The van der Waals surface area contributed by atoms with Gasteiger partial charge >= 0.3 is 0 Å². The summed E-state index contributed by atoms with van der Waals surface area (Å²) in [7, 11) is -3.38. The number of rotatable bonds is 8. The van der Waals surface area contributed by atoms with E-state index in [4.69, 9.17) is 10.5 Å². The molecule has 1 aromatic heterocycles. The molecule has 0 amide bonds. The lowest BCUT2D eigenvalue weighted by molar-refractivity contribution is 0.342. The van der Waals surface area contributed by atoms with Crippen molar-refractivity contribution in [1.82, 2.24) is 14.7 Å². The predicted octanol–water partition coefficient (Wildman–Crippen LogP) is 0.533. The molecule has 0 aliphatic rings. The Kier molecular flexibility index (Phi) is 5.18. The first-order chi connectivity index (χ1) is 10.1. The average molecular weight is 310 g/mol. The van der Waals surface area contributed by atoms with Crippen LogP contribution < -0.4 is 15.2 Å². The molecule has 0 aliphatic carbocycles. The van der Waals surface area contributed by atoms with Gasteiger partial charge in [0.05, 0.1) is 11.4 Å². The van der Waals surface area contributed by atoms with Gasteiger partial charge in [-0.15, -0.1) is 0 Å². The molecule has 114 valence electrons. The Morgan fingerprint density at radius 3 is 2.86 bits per heavy atom. The third kappa shape index (κ3) is 5.09. The third-order valence-electron chi connectivity index (χ3n) is 2.77. The van der Waals surface area contributed by atoms with Gasteiger partial charge in [0.1, 0.15) is 18.2 Å². The van der Waals surface area contributed by atoms with Crippen molar-refractivity contribution in [2.24, 2.45) is 0 Å². The van der Waals surface area contributed by atoms with Gasteiger partial charge < -0.3 is 15.5 Å². The van der Waals surface area contributed by atoms with Crippen LogP contribution in [0.5, 0.6) is 5.75 Å². The Morgan fingerprint density at radius 2 is 2.14 bits per heavy atom. The van der Waals surface area contributed by atoms with E-state index in [1.807, 2.05) is 0 Å². The van der Waals surface area contributed by atoms with E-state index >= 15 is 0 Å². The number of nitrogens with one attached hydrogen (secondary N) is 2. The fourth-order valence-corrected chi connectivity index (χ4v) is 2.57. The minimum Gasteiger partial charge on any atom is -0.490 e. The van der Waals surface area contributed by atoms with E-state index in [2.05, 4.69) is 14.7 Å². The van der Waals surface area contributed by atoms with Crippen molar-refractivity contribution in [3.63, 3.8) is 0 Å². The molecule has 1 aromatic carbocycles. The molecule has 0 fully saturated rings. The number of aromatic amines is 1. The second-order valence-electron chi connectivity index (χ2n) is 4.39. The number of anilines is 1. The van der Waals surface area contributed by atoms with E-state index in [0.717, 1.165) is 5.82 Å². The van der Waals surface area contributed by atoms with Crippen LogP contribution in [0.4, 0.5) is 5.69 Å². The third-order valence-corrected chi connectivity index (χ3v) is 4.12. The molecule has 8 heteroatoms. The topological polar surface area (TPSA) is 110 Å². The molecule has 1 heterocycles. The van der Waals surface area contributed by atoms with Gasteiger partial charge in [-0.25, -0.2) is 18.1 Å². The largest absolute Gasteiger partial charge is 0.490 e. The molecule has 4 N–H and O–H groups in total. The quantitative estimate of drug-likeness (QED) is 0.616. The zero-order valence-electron chi connectivity index (χ0n) is 11.5. The second kappa shape index (κ2) is 7.09. The highest BCUT2D eigenvalue weighted by Crippen LogP contribution is 2.19. The number of ether oxygens (including phenoxy) is 1. The predicted molar refractivity (Wildman–Crippen MR) is 80.4 cm³/mol. The maximum Gasteiger partial charge on any atom is 0.214 e. The van der Waals surface area contributed by atoms with Gasteiger partial charge in [-0.05, 0) is 12.1 Å². The molecular weight excluding hydrogens is 292 g/mol. The van der Waals surface area contributed by atoms with Crippen LogP contribution in [0.25, 0.3) is 0 Å². The van der Waals surface area contributed by atoms with Crippen molar-refractivity contribution in [3.8, 4) is 5.75 Å². The number of sulfonamides is 1. The molecule has 2 aromatic rings. The lowest BCUT2D eigenvalue weighted by Gasteiger charge is -2.09. The highest BCUT2D eigenvalue weighted by Gasteiger charge is 2.10. The Labute approximate surface area is 123 Å². The van der Waals surface area contributed by atoms with Gasteiger partial charge in [0, 0.05) is 25.4 Å². The number of hydrogen-bond donors (Lipinski definition) is 3. The summed E-state index contributed by atoms with van der Waals surface area (Å²) in [6, 6.07) is 6.97. The van der Waals surface area contributed by atoms with Crippen LogP contribution in [-0.2, 0) is 16.4 Å². The van der Waals surface area contributed by atoms with Crippen molar-refractivity contribution >= 4 is 15.7 Å². The van der Waals surface area contributed by atoms with E-state index in [0.29, 0.717) is 24.4 Å². The van der Waals surface area contributed by atoms with Crippen molar-refractivity contribution in [3.05, 3.63) is 42.5 Å². The summed E-state index contributed by atoms with van der Waals surface area (Å²) in [5.41, 5.74) is 6.19. The summed E-state index contributed by atoms with van der Waals surface area (Å²) in [5.74, 6) is 1.11. The number of aromatic nitrogens is 2. The van der Waals surface area contributed by atoms with Crippen LogP contribution >= 0.6 is 0 Å². The van der Waals surface area contributed by atoms with Crippen molar-refractivity contribution < 1.29 is 13.2 Å². The first kappa shape index (κ1) is 15.3. The van der Waals surface area contributed by atoms with E-state index < -0.39 is 10.0 Å². The standard InChI is InChI=1S/C13H18N4O3S/c14-11-3-1-2-4-12(11)20-9-10-21(18,19)17-6-5-13-15-7-8-16-13/h1-4,7-8,17H,5-6,9-10,14H2,(H,15,16). The van der Waals surface area contributed by atoms with Crippen molar-refractivity contribution in [2.75, 3.05) is 24.6 Å². The summed E-state index contributed by atoms with van der Waals surface area (Å²) in [5, 5.41) is 0. The molecule has 7 nitrogen and oxygen atoms in total. The van der Waals surface area contributed by atoms with Gasteiger partial charge in [0.25, 0.3) is 0 Å². The molecule has 0 unspecified atom stereocenters. The minimum atomic E-state index is -3.38. The Bertz CT molecular complexity index is 656. The summed E-state index contributed by atoms with van der Waals surface area (Å²) in [6.07, 6.45) is 3.84. The zero-order chi connectivity index (χ0) is 15.1. The number of nitrogens with two attached hydrogens (primary N) is 1. The maximum atomic E-state index is 11.8. The van der Waals surface area contributed by atoms with Crippen LogP contribution in [0.15, 0.2) is 36.7 Å². The first-order valence-electron chi connectivity index (χ1n) is 6.50. The molecule has 21 heavy (non-hydrogen) atoms.